The maximum atomic E-state index is 12.5. The summed E-state index contributed by atoms with van der Waals surface area (Å²) < 4.78 is 0. The molecule has 20 heavy (non-hydrogen) atoms. The van der Waals surface area contributed by atoms with Crippen LogP contribution in [0.1, 0.15) is 41.0 Å². The molecule has 0 spiro atoms. The van der Waals surface area contributed by atoms with E-state index < -0.39 is 17.3 Å². The monoisotopic (exact) mass is 279 g/mol. The smallest absolute Gasteiger partial charge is 0.307 e. The molecule has 1 aliphatic heterocycles. The van der Waals surface area contributed by atoms with Gasteiger partial charge in [-0.1, -0.05) is 46.3 Å². The minimum absolute atomic E-state index is 0.00612. The molecule has 1 heterocycles. The van der Waals surface area contributed by atoms with Crippen LogP contribution in [0.2, 0.25) is 0 Å². The molecule has 2 aliphatic rings. The zero-order chi connectivity index (χ0) is 15.3. The lowest BCUT2D eigenvalue weighted by molar-refractivity contribution is -0.142. The average Bonchev–Trinajstić information content (AvgIpc) is 2.90. The Hall–Kier alpha value is -1.32. The highest BCUT2D eigenvalue weighted by Gasteiger charge is 2.66. The zero-order valence-electron chi connectivity index (χ0n) is 13.1. The lowest BCUT2D eigenvalue weighted by Gasteiger charge is -2.32. The fraction of sp³-hybridized carbons (Fsp3) is 0.750. The van der Waals surface area contributed by atoms with Gasteiger partial charge in [0.2, 0.25) is 5.91 Å². The van der Waals surface area contributed by atoms with Gasteiger partial charge in [-0.2, -0.15) is 0 Å². The van der Waals surface area contributed by atoms with Crippen LogP contribution in [-0.2, 0) is 9.59 Å². The Morgan fingerprint density at radius 1 is 1.30 bits per heavy atom. The third-order valence-electron chi connectivity index (χ3n) is 4.84. The van der Waals surface area contributed by atoms with Crippen molar-refractivity contribution in [2.75, 3.05) is 13.1 Å². The second kappa shape index (κ2) is 4.61. The molecule has 0 unspecified atom stereocenters. The van der Waals surface area contributed by atoms with Crippen molar-refractivity contribution in [2.45, 2.75) is 41.0 Å². The van der Waals surface area contributed by atoms with E-state index >= 15 is 0 Å². The first-order valence-corrected chi connectivity index (χ1v) is 7.28. The largest absolute Gasteiger partial charge is 0.481 e. The first kappa shape index (κ1) is 15.1. The van der Waals surface area contributed by atoms with E-state index in [2.05, 4.69) is 26.8 Å². The van der Waals surface area contributed by atoms with Gasteiger partial charge < -0.3 is 10.0 Å². The van der Waals surface area contributed by atoms with E-state index in [1.165, 1.54) is 5.57 Å². The van der Waals surface area contributed by atoms with Gasteiger partial charge >= 0.3 is 5.97 Å². The number of hydrogen-bond acceptors (Lipinski definition) is 2. The van der Waals surface area contributed by atoms with E-state index in [0.717, 1.165) is 6.42 Å². The number of carboxylic acids is 1. The number of amides is 1. The lowest BCUT2D eigenvalue weighted by atomic mass is 9.83. The Kier molecular flexibility index (Phi) is 3.47. The molecule has 1 N–H and O–H groups in total. The third kappa shape index (κ3) is 2.48. The Bertz CT molecular complexity index is 471. The Balaban J connectivity index is 2.04. The molecule has 1 saturated carbocycles. The molecule has 0 aromatic rings. The van der Waals surface area contributed by atoms with Crippen LogP contribution in [0.25, 0.3) is 0 Å². The normalized spacial score (nSPS) is 28.9. The molecule has 1 amide bonds. The molecule has 112 valence electrons. The Labute approximate surface area is 120 Å². The molecule has 0 aromatic heterocycles. The second-order valence-corrected chi connectivity index (χ2v) is 7.63. The predicted octanol–water partition coefficient (Wildman–Crippen LogP) is 2.55. The highest BCUT2D eigenvalue weighted by atomic mass is 16.4. The van der Waals surface area contributed by atoms with Gasteiger partial charge in [-0.3, -0.25) is 9.59 Å². The number of aliphatic carboxylic acids is 1. The number of hydrogen-bond donors (Lipinski definition) is 1. The lowest BCUT2D eigenvalue weighted by Crippen LogP contribution is -2.38. The first-order chi connectivity index (χ1) is 9.06. The summed E-state index contributed by atoms with van der Waals surface area (Å²) in [6.45, 7) is 11.6. The fourth-order valence-corrected chi connectivity index (χ4v) is 3.31. The highest BCUT2D eigenvalue weighted by Crippen LogP contribution is 2.59. The number of nitrogens with zero attached hydrogens (tertiary/aromatic N) is 1. The summed E-state index contributed by atoms with van der Waals surface area (Å²) in [4.78, 5) is 25.5. The topological polar surface area (TPSA) is 57.6 Å². The van der Waals surface area contributed by atoms with E-state index in [1.807, 2.05) is 18.7 Å². The minimum Gasteiger partial charge on any atom is -0.481 e. The van der Waals surface area contributed by atoms with E-state index in [0.29, 0.717) is 13.1 Å². The van der Waals surface area contributed by atoms with E-state index in [4.69, 9.17) is 0 Å². The second-order valence-electron chi connectivity index (χ2n) is 7.63. The molecule has 0 saturated heterocycles. The van der Waals surface area contributed by atoms with Crippen molar-refractivity contribution < 1.29 is 14.7 Å². The quantitative estimate of drug-likeness (QED) is 0.790. The summed E-state index contributed by atoms with van der Waals surface area (Å²) in [5.74, 6) is -1.73. The molecule has 1 fully saturated rings. The van der Waals surface area contributed by atoms with Crippen molar-refractivity contribution in [1.29, 1.82) is 0 Å². The van der Waals surface area contributed by atoms with Crippen molar-refractivity contribution in [1.82, 2.24) is 4.90 Å². The fourth-order valence-electron chi connectivity index (χ4n) is 3.31. The van der Waals surface area contributed by atoms with Crippen LogP contribution in [-0.4, -0.2) is 35.0 Å². The van der Waals surface area contributed by atoms with Gasteiger partial charge in [-0.25, -0.2) is 0 Å². The van der Waals surface area contributed by atoms with E-state index in [-0.39, 0.29) is 17.2 Å². The summed E-state index contributed by atoms with van der Waals surface area (Å²) in [5, 5.41) is 9.17. The van der Waals surface area contributed by atoms with Gasteiger partial charge in [0, 0.05) is 13.1 Å². The minimum atomic E-state index is -0.851. The van der Waals surface area contributed by atoms with Gasteiger partial charge in [0.25, 0.3) is 0 Å². The molecular formula is C16H25NO3. The zero-order valence-corrected chi connectivity index (χ0v) is 13.1. The summed E-state index contributed by atoms with van der Waals surface area (Å²) in [5.41, 5.74) is 1.13. The van der Waals surface area contributed by atoms with Crippen LogP contribution in [0.15, 0.2) is 11.6 Å². The SMILES string of the molecule is CC(C)(C)C1=CCN(C(=O)[C@H]2[C@@H](C(=O)O)C2(C)C)CC1. The number of carboxylic acid groups (broad SMARTS) is 1. The maximum absolute atomic E-state index is 12.5. The highest BCUT2D eigenvalue weighted by molar-refractivity contribution is 5.91. The van der Waals surface area contributed by atoms with Crippen molar-refractivity contribution in [3.8, 4) is 0 Å². The average molecular weight is 279 g/mol. The van der Waals surface area contributed by atoms with Crippen LogP contribution >= 0.6 is 0 Å². The molecule has 0 aromatic carbocycles. The molecular weight excluding hydrogens is 254 g/mol. The molecule has 1 aliphatic carbocycles. The maximum Gasteiger partial charge on any atom is 0.307 e. The van der Waals surface area contributed by atoms with Crippen molar-refractivity contribution in [3.63, 3.8) is 0 Å². The number of carbonyl (C=O) groups is 2. The van der Waals surface area contributed by atoms with Crippen LogP contribution in [0.5, 0.6) is 0 Å². The van der Waals surface area contributed by atoms with Crippen molar-refractivity contribution in [3.05, 3.63) is 11.6 Å². The summed E-state index contributed by atoms with van der Waals surface area (Å²) >= 11 is 0. The van der Waals surface area contributed by atoms with Gasteiger partial charge in [-0.05, 0) is 17.3 Å². The number of carbonyl (C=O) groups excluding carboxylic acids is 1. The summed E-state index contributed by atoms with van der Waals surface area (Å²) in [7, 11) is 0. The third-order valence-corrected chi connectivity index (χ3v) is 4.84. The molecule has 0 radical (unpaired) electrons. The summed E-state index contributed by atoms with van der Waals surface area (Å²) in [6.07, 6.45) is 3.02. The molecule has 2 atom stereocenters. The standard InChI is InChI=1S/C16H25NO3/c1-15(2,3)10-6-8-17(9-7-10)13(18)11-12(14(19)20)16(11,4)5/h6,11-12H,7-9H2,1-5H3,(H,19,20)/t11-,12+/m1/s1. The molecule has 4 heteroatoms. The molecule has 0 bridgehead atoms. The van der Waals surface area contributed by atoms with Gasteiger partial charge in [-0.15, -0.1) is 0 Å². The predicted molar refractivity (Wildman–Crippen MR) is 77.1 cm³/mol. The van der Waals surface area contributed by atoms with E-state index in [1.54, 1.807) is 0 Å². The van der Waals surface area contributed by atoms with Gasteiger partial charge in [0.05, 0.1) is 11.8 Å². The van der Waals surface area contributed by atoms with Crippen LogP contribution < -0.4 is 0 Å². The van der Waals surface area contributed by atoms with Crippen molar-refractivity contribution in [2.24, 2.45) is 22.7 Å². The van der Waals surface area contributed by atoms with Crippen LogP contribution in [0.4, 0.5) is 0 Å². The van der Waals surface area contributed by atoms with E-state index in [9.17, 15) is 14.7 Å². The Morgan fingerprint density at radius 3 is 2.25 bits per heavy atom. The van der Waals surface area contributed by atoms with Gasteiger partial charge in [0.15, 0.2) is 0 Å². The molecule has 4 nitrogen and oxygen atoms in total. The first-order valence-electron chi connectivity index (χ1n) is 7.28. The summed E-state index contributed by atoms with van der Waals surface area (Å²) in [6, 6.07) is 0. The Morgan fingerprint density at radius 2 is 1.90 bits per heavy atom. The van der Waals surface area contributed by atoms with Crippen LogP contribution in [0, 0.1) is 22.7 Å². The van der Waals surface area contributed by atoms with Gasteiger partial charge in [0.1, 0.15) is 0 Å². The van der Waals surface area contributed by atoms with Crippen LogP contribution in [0.3, 0.4) is 0 Å². The molecule has 2 rings (SSSR count). The van der Waals surface area contributed by atoms with Crippen molar-refractivity contribution >= 4 is 11.9 Å². The number of rotatable bonds is 2.